The smallest absolute Gasteiger partial charge is 0.0756 e. The van der Waals surface area contributed by atoms with Crippen LogP contribution in [-0.2, 0) is 5.41 Å². The summed E-state index contributed by atoms with van der Waals surface area (Å²) < 4.78 is 7.50. The van der Waals surface area contributed by atoms with Crippen molar-refractivity contribution in [2.75, 3.05) is 9.80 Å². The fourth-order valence-electron chi connectivity index (χ4n) is 16.8. The number of aromatic nitrogens is 3. The van der Waals surface area contributed by atoms with Gasteiger partial charge in [0.2, 0.25) is 0 Å². The van der Waals surface area contributed by atoms with Gasteiger partial charge in [0.25, 0.3) is 0 Å². The third-order valence-electron chi connectivity index (χ3n) is 20.4. The molecule has 5 nitrogen and oxygen atoms in total. The second-order valence-electron chi connectivity index (χ2n) is 25.0. The Morgan fingerprint density at radius 3 is 1.37 bits per heavy atom. The van der Waals surface area contributed by atoms with Crippen molar-refractivity contribution < 1.29 is 0 Å². The Hall–Kier alpha value is -11.9. The minimum atomic E-state index is -0.780. The number of fused-ring (bicyclic) bond motifs is 22. The molecule has 20 rings (SSSR count). The molecule has 0 saturated heterocycles. The minimum absolute atomic E-state index is 0.0191. The van der Waals surface area contributed by atoms with Crippen LogP contribution in [0, 0.1) is 0 Å². The molecule has 2 unspecified atom stereocenters. The Morgan fingerprint density at radius 2 is 0.761 bits per heavy atom. The number of rotatable bonds is 8. The predicted molar refractivity (Wildman–Crippen MR) is 385 cm³/mol. The first-order valence-corrected chi connectivity index (χ1v) is 32.1. The molecule has 0 saturated carbocycles. The largest absolute Gasteiger partial charge is 0.334 e. The van der Waals surface area contributed by atoms with Crippen LogP contribution in [0.25, 0.3) is 115 Å². The van der Waals surface area contributed by atoms with Crippen molar-refractivity contribution in [1.82, 2.24) is 13.7 Å². The zero-order chi connectivity index (χ0) is 60.2. The molecule has 17 aromatic rings. The quantitative estimate of drug-likeness (QED) is 0.151. The second-order valence-corrected chi connectivity index (χ2v) is 25.0. The highest BCUT2D eigenvalue weighted by molar-refractivity contribution is 6.24. The molecule has 3 aliphatic rings. The summed E-state index contributed by atoms with van der Waals surface area (Å²) in [4.78, 5) is 5.20. The standard InChI is InChI=1S/C87H57N5/c1-5-26-56(27-6-1)88(82-54-72-67-37-18-21-44-78(67)90(58-30-9-3-10-31-58)84(72)69-39-15-13-35-65(69)82)60-48-50-62-63-51-49-61(53-77(63)87(76(62)52-60)74-42-20-24-47-81(74)92-80-46-23-17-34-64(80)71-41-25-43-75(87)86(71)92)89(57-28-7-2-8-29-57)83-55-73-68-38-19-22-45-79(68)91(59-32-11-4-12-33-59)85(73)70-40-16-14-36-66(70)83/h1-28,30-55,57H,29H2. The zero-order valence-corrected chi connectivity index (χ0v) is 50.2. The van der Waals surface area contributed by atoms with Gasteiger partial charge in [-0.25, -0.2) is 0 Å². The monoisotopic (exact) mass is 1170 g/mol. The van der Waals surface area contributed by atoms with Crippen molar-refractivity contribution in [2.45, 2.75) is 17.9 Å². The highest BCUT2D eigenvalue weighted by Crippen LogP contribution is 2.63. The fourth-order valence-corrected chi connectivity index (χ4v) is 16.8. The maximum absolute atomic E-state index is 2.66. The van der Waals surface area contributed by atoms with Gasteiger partial charge in [0.15, 0.2) is 0 Å². The summed E-state index contributed by atoms with van der Waals surface area (Å²) in [5, 5.41) is 12.2. The molecular weight excluding hydrogens is 1110 g/mol. The highest BCUT2D eigenvalue weighted by Gasteiger charge is 2.52. The van der Waals surface area contributed by atoms with Crippen molar-refractivity contribution >= 4 is 115 Å². The zero-order valence-electron chi connectivity index (χ0n) is 50.2. The lowest BCUT2D eigenvalue weighted by Crippen LogP contribution is -2.34. The minimum Gasteiger partial charge on any atom is -0.334 e. The van der Waals surface area contributed by atoms with Crippen molar-refractivity contribution in [1.29, 1.82) is 0 Å². The molecular formula is C87H57N5. The Morgan fingerprint density at radius 1 is 0.304 bits per heavy atom. The molecule has 0 amide bonds. The molecule has 92 heavy (non-hydrogen) atoms. The topological polar surface area (TPSA) is 21.3 Å². The molecule has 0 radical (unpaired) electrons. The van der Waals surface area contributed by atoms with Gasteiger partial charge in [0, 0.05) is 82.3 Å². The lowest BCUT2D eigenvalue weighted by atomic mass is 9.65. The molecule has 2 atom stereocenters. The van der Waals surface area contributed by atoms with Gasteiger partial charge in [-0.15, -0.1) is 0 Å². The third-order valence-corrected chi connectivity index (χ3v) is 20.4. The van der Waals surface area contributed by atoms with Crippen LogP contribution in [0.2, 0.25) is 0 Å². The molecule has 1 aliphatic heterocycles. The van der Waals surface area contributed by atoms with E-state index in [9.17, 15) is 0 Å². The van der Waals surface area contributed by atoms with Gasteiger partial charge in [-0.3, -0.25) is 0 Å². The molecule has 0 N–H and O–H groups in total. The number of hydrogen-bond donors (Lipinski definition) is 0. The molecule has 3 aromatic heterocycles. The van der Waals surface area contributed by atoms with Crippen LogP contribution in [0.15, 0.2) is 328 Å². The number of para-hydroxylation sites is 8. The van der Waals surface area contributed by atoms with E-state index in [2.05, 4.69) is 351 Å². The summed E-state index contributed by atoms with van der Waals surface area (Å²) in [6.07, 6.45) is 10.0. The van der Waals surface area contributed by atoms with Crippen molar-refractivity contribution in [3.05, 3.63) is 350 Å². The van der Waals surface area contributed by atoms with Gasteiger partial charge in [0.1, 0.15) is 0 Å². The lowest BCUT2D eigenvalue weighted by Gasteiger charge is -2.41. The number of benzene rings is 14. The Bertz CT molecular complexity index is 6000. The summed E-state index contributed by atoms with van der Waals surface area (Å²) in [6, 6.07) is 114. The molecule has 2 aliphatic carbocycles. The second kappa shape index (κ2) is 19.5. The fraction of sp³-hybridized carbons (Fsp3) is 0.0345. The highest BCUT2D eigenvalue weighted by atomic mass is 15.2. The van der Waals surface area contributed by atoms with Crippen molar-refractivity contribution in [3.63, 3.8) is 0 Å². The van der Waals surface area contributed by atoms with E-state index in [4.69, 9.17) is 0 Å². The van der Waals surface area contributed by atoms with Gasteiger partial charge < -0.3 is 23.5 Å². The SMILES string of the molecule is C1=CCC(N(c2ccc3c(c2)C2(c4cc(N(c5ccccc5)c5cc6c7ccccc7n(-c7ccccc7)c6c6ccccc56)ccc4-3)c3ccccc3-n3c4ccccc4c4cccc2c43)c2cc3c4ccccc4n(-c4ccccc4)c3c3ccccc23)C=C1. The van der Waals surface area contributed by atoms with Gasteiger partial charge >= 0.3 is 0 Å². The maximum atomic E-state index is 2.66. The average Bonchev–Trinajstić information content (AvgIpc) is 1.47. The summed E-state index contributed by atoms with van der Waals surface area (Å²) in [6.45, 7) is 0. The van der Waals surface area contributed by atoms with E-state index in [0.717, 1.165) is 40.5 Å². The predicted octanol–water partition coefficient (Wildman–Crippen LogP) is 22.5. The van der Waals surface area contributed by atoms with Crippen LogP contribution >= 0.6 is 0 Å². The van der Waals surface area contributed by atoms with Crippen molar-refractivity contribution in [3.8, 4) is 28.2 Å². The first-order valence-electron chi connectivity index (χ1n) is 32.1. The van der Waals surface area contributed by atoms with E-state index in [1.165, 1.54) is 132 Å². The molecule has 14 aromatic carbocycles. The van der Waals surface area contributed by atoms with Gasteiger partial charge in [-0.2, -0.15) is 0 Å². The summed E-state index contributed by atoms with van der Waals surface area (Å²) in [7, 11) is 0. The van der Waals surface area contributed by atoms with E-state index < -0.39 is 5.41 Å². The van der Waals surface area contributed by atoms with E-state index in [1.54, 1.807) is 0 Å². The van der Waals surface area contributed by atoms with E-state index in [-0.39, 0.29) is 6.04 Å². The summed E-state index contributed by atoms with van der Waals surface area (Å²) in [5.74, 6) is 0. The summed E-state index contributed by atoms with van der Waals surface area (Å²) in [5.41, 5.74) is 23.1. The average molecular weight is 1170 g/mol. The van der Waals surface area contributed by atoms with E-state index >= 15 is 0 Å². The van der Waals surface area contributed by atoms with Crippen LogP contribution in [-0.4, -0.2) is 19.7 Å². The molecule has 430 valence electrons. The first-order chi connectivity index (χ1) is 45.7. The Labute approximate surface area is 531 Å². The lowest BCUT2D eigenvalue weighted by molar-refractivity contribution is 0.745. The number of nitrogens with zero attached hydrogens (tertiary/aromatic N) is 5. The van der Waals surface area contributed by atoms with Crippen LogP contribution in [0.3, 0.4) is 0 Å². The number of anilines is 5. The maximum Gasteiger partial charge on any atom is 0.0756 e. The number of allylic oxidation sites excluding steroid dienone is 2. The van der Waals surface area contributed by atoms with Crippen molar-refractivity contribution in [2.24, 2.45) is 0 Å². The van der Waals surface area contributed by atoms with Crippen LogP contribution in [0.5, 0.6) is 0 Å². The van der Waals surface area contributed by atoms with Gasteiger partial charge in [-0.1, -0.05) is 231 Å². The van der Waals surface area contributed by atoms with Gasteiger partial charge in [0.05, 0.1) is 61.6 Å². The number of hydrogen-bond acceptors (Lipinski definition) is 2. The van der Waals surface area contributed by atoms with Gasteiger partial charge in [-0.05, 0) is 137 Å². The molecule has 4 heterocycles. The van der Waals surface area contributed by atoms with Crippen LogP contribution in [0.1, 0.15) is 28.7 Å². The molecule has 1 spiro atoms. The normalized spacial score (nSPS) is 15.4. The first kappa shape index (κ1) is 51.0. The van der Waals surface area contributed by atoms with E-state index in [0.29, 0.717) is 0 Å². The Balaban J connectivity index is 0.875. The Kier molecular flexibility index (Phi) is 10.8. The van der Waals surface area contributed by atoms with E-state index in [1.807, 2.05) is 0 Å². The third kappa shape index (κ3) is 6.96. The molecule has 0 bridgehead atoms. The molecule has 5 heteroatoms. The molecule has 0 fully saturated rings. The van der Waals surface area contributed by atoms with Crippen LogP contribution < -0.4 is 9.80 Å². The van der Waals surface area contributed by atoms with Crippen LogP contribution in [0.4, 0.5) is 28.4 Å². The summed E-state index contributed by atoms with van der Waals surface area (Å²) >= 11 is 0.